The summed E-state index contributed by atoms with van der Waals surface area (Å²) in [5, 5.41) is 8.06. The summed E-state index contributed by atoms with van der Waals surface area (Å²) in [4.78, 5) is 19.8. The average Bonchev–Trinajstić information content (AvgIpc) is 3.30. The Morgan fingerprint density at radius 1 is 1.12 bits per heavy atom. The van der Waals surface area contributed by atoms with Crippen molar-refractivity contribution < 1.29 is 9.32 Å². The number of aromatic amines is 1. The highest BCUT2D eigenvalue weighted by Gasteiger charge is 2.14. The van der Waals surface area contributed by atoms with E-state index in [0.717, 1.165) is 22.0 Å². The van der Waals surface area contributed by atoms with E-state index < -0.39 is 0 Å². The number of nitrogens with zero attached hydrogens (tertiary/aromatic N) is 2. The molecule has 4 aromatic rings. The Bertz CT molecular complexity index is 1080. The van der Waals surface area contributed by atoms with Crippen LogP contribution < -0.4 is 5.32 Å². The van der Waals surface area contributed by atoms with E-state index in [1.807, 2.05) is 56.4 Å². The molecule has 0 aliphatic heterocycles. The first-order chi connectivity index (χ1) is 12.6. The Morgan fingerprint density at radius 3 is 2.85 bits per heavy atom. The highest BCUT2D eigenvalue weighted by Crippen LogP contribution is 2.25. The molecular weight excluding hydrogens is 328 g/mol. The molecule has 0 saturated heterocycles. The van der Waals surface area contributed by atoms with Crippen LogP contribution in [0.2, 0.25) is 0 Å². The normalized spacial score (nSPS) is 11.2. The number of fused-ring (bicyclic) bond motifs is 1. The topological polar surface area (TPSA) is 83.8 Å². The van der Waals surface area contributed by atoms with Crippen molar-refractivity contribution in [2.24, 2.45) is 0 Å². The highest BCUT2D eigenvalue weighted by molar-refractivity contribution is 5.95. The van der Waals surface area contributed by atoms with Gasteiger partial charge in [-0.1, -0.05) is 23.4 Å². The standard InChI is InChI=1S/C20H18N4O2/c1-12(2)22-19(25)15-5-3-4-14(10-15)18-23-20(26-24-18)16-7-6-13-8-9-21-17(13)11-16/h3-12,21H,1-2H3,(H,22,25). The smallest absolute Gasteiger partial charge is 0.258 e. The maximum absolute atomic E-state index is 12.2. The van der Waals surface area contributed by atoms with Crippen LogP contribution in [0.4, 0.5) is 0 Å². The van der Waals surface area contributed by atoms with Crippen molar-refractivity contribution in [1.82, 2.24) is 20.4 Å². The van der Waals surface area contributed by atoms with Gasteiger partial charge in [0, 0.05) is 34.4 Å². The molecule has 1 amide bonds. The Balaban J connectivity index is 1.64. The minimum absolute atomic E-state index is 0.0749. The number of H-pyrrole nitrogens is 1. The van der Waals surface area contributed by atoms with Crippen LogP contribution in [0.15, 0.2) is 59.3 Å². The van der Waals surface area contributed by atoms with Crippen LogP contribution in [0.3, 0.4) is 0 Å². The molecule has 0 radical (unpaired) electrons. The SMILES string of the molecule is CC(C)NC(=O)c1cccc(-c2noc(-c3ccc4cc[nH]c4c3)n2)c1. The van der Waals surface area contributed by atoms with Crippen LogP contribution in [0.1, 0.15) is 24.2 Å². The molecule has 0 unspecified atom stereocenters. The van der Waals surface area contributed by atoms with E-state index in [2.05, 4.69) is 20.4 Å². The van der Waals surface area contributed by atoms with E-state index >= 15 is 0 Å². The van der Waals surface area contributed by atoms with Gasteiger partial charge in [-0.05, 0) is 49.6 Å². The predicted molar refractivity (Wildman–Crippen MR) is 99.6 cm³/mol. The van der Waals surface area contributed by atoms with E-state index in [0.29, 0.717) is 17.3 Å². The molecule has 0 fully saturated rings. The molecule has 6 heteroatoms. The summed E-state index contributed by atoms with van der Waals surface area (Å²) in [5.41, 5.74) is 3.15. The minimum atomic E-state index is -0.122. The van der Waals surface area contributed by atoms with E-state index in [-0.39, 0.29) is 11.9 Å². The summed E-state index contributed by atoms with van der Waals surface area (Å²) in [5.74, 6) is 0.766. The zero-order chi connectivity index (χ0) is 18.1. The van der Waals surface area contributed by atoms with E-state index in [4.69, 9.17) is 4.52 Å². The van der Waals surface area contributed by atoms with Crippen LogP contribution >= 0.6 is 0 Å². The van der Waals surface area contributed by atoms with Gasteiger partial charge in [0.05, 0.1) is 0 Å². The molecule has 0 saturated carbocycles. The molecule has 2 N–H and O–H groups in total. The van der Waals surface area contributed by atoms with Crippen LogP contribution in [0, 0.1) is 0 Å². The number of carbonyl (C=O) groups is 1. The number of rotatable bonds is 4. The van der Waals surface area contributed by atoms with Crippen molar-refractivity contribution >= 4 is 16.8 Å². The summed E-state index contributed by atoms with van der Waals surface area (Å²) in [6.45, 7) is 3.85. The molecule has 26 heavy (non-hydrogen) atoms. The lowest BCUT2D eigenvalue weighted by molar-refractivity contribution is 0.0943. The number of benzene rings is 2. The first kappa shape index (κ1) is 16.1. The van der Waals surface area contributed by atoms with E-state index in [1.54, 1.807) is 12.1 Å². The van der Waals surface area contributed by atoms with E-state index in [9.17, 15) is 4.79 Å². The van der Waals surface area contributed by atoms with Gasteiger partial charge in [-0.2, -0.15) is 4.98 Å². The third-order valence-electron chi connectivity index (χ3n) is 4.03. The van der Waals surface area contributed by atoms with Gasteiger partial charge < -0.3 is 14.8 Å². The fourth-order valence-electron chi connectivity index (χ4n) is 2.78. The predicted octanol–water partition coefficient (Wildman–Crippen LogP) is 4.02. The van der Waals surface area contributed by atoms with Gasteiger partial charge in [0.2, 0.25) is 5.82 Å². The number of hydrogen-bond acceptors (Lipinski definition) is 4. The minimum Gasteiger partial charge on any atom is -0.361 e. The second-order valence-corrected chi connectivity index (χ2v) is 6.41. The van der Waals surface area contributed by atoms with Crippen molar-refractivity contribution in [3.05, 3.63) is 60.3 Å². The molecule has 2 heterocycles. The molecular formula is C20H18N4O2. The number of amides is 1. The van der Waals surface area contributed by atoms with Crippen molar-refractivity contribution in [2.75, 3.05) is 0 Å². The van der Waals surface area contributed by atoms with Crippen LogP contribution in [-0.2, 0) is 0 Å². The monoisotopic (exact) mass is 346 g/mol. The van der Waals surface area contributed by atoms with E-state index in [1.165, 1.54) is 0 Å². The number of hydrogen-bond donors (Lipinski definition) is 2. The van der Waals surface area contributed by atoms with Crippen LogP contribution in [0.5, 0.6) is 0 Å². The zero-order valence-corrected chi connectivity index (χ0v) is 14.5. The molecule has 0 aliphatic carbocycles. The highest BCUT2D eigenvalue weighted by atomic mass is 16.5. The summed E-state index contributed by atoms with van der Waals surface area (Å²) in [6, 6.07) is 15.2. The lowest BCUT2D eigenvalue weighted by Crippen LogP contribution is -2.30. The molecule has 0 spiro atoms. The Morgan fingerprint density at radius 2 is 2.00 bits per heavy atom. The van der Waals surface area contributed by atoms with Crippen molar-refractivity contribution in [3.63, 3.8) is 0 Å². The van der Waals surface area contributed by atoms with Crippen molar-refractivity contribution in [2.45, 2.75) is 19.9 Å². The van der Waals surface area contributed by atoms with Crippen molar-refractivity contribution in [1.29, 1.82) is 0 Å². The molecule has 2 aromatic heterocycles. The maximum atomic E-state index is 12.2. The lowest BCUT2D eigenvalue weighted by Gasteiger charge is -2.08. The third kappa shape index (κ3) is 3.09. The fourth-order valence-corrected chi connectivity index (χ4v) is 2.78. The average molecular weight is 346 g/mol. The molecule has 130 valence electrons. The number of carbonyl (C=O) groups excluding carboxylic acids is 1. The zero-order valence-electron chi connectivity index (χ0n) is 14.5. The van der Waals surface area contributed by atoms with Gasteiger partial charge in [0.25, 0.3) is 11.8 Å². The van der Waals surface area contributed by atoms with Crippen LogP contribution in [0.25, 0.3) is 33.7 Å². The van der Waals surface area contributed by atoms with Gasteiger partial charge in [-0.3, -0.25) is 4.79 Å². The summed E-state index contributed by atoms with van der Waals surface area (Å²) >= 11 is 0. The summed E-state index contributed by atoms with van der Waals surface area (Å²) in [7, 11) is 0. The van der Waals surface area contributed by atoms with Crippen LogP contribution in [-0.4, -0.2) is 27.1 Å². The first-order valence-corrected chi connectivity index (χ1v) is 8.43. The quantitative estimate of drug-likeness (QED) is 0.584. The summed E-state index contributed by atoms with van der Waals surface area (Å²) in [6.07, 6.45) is 1.89. The van der Waals surface area contributed by atoms with Gasteiger partial charge in [-0.15, -0.1) is 0 Å². The van der Waals surface area contributed by atoms with Gasteiger partial charge in [0.1, 0.15) is 0 Å². The fraction of sp³-hybridized carbons (Fsp3) is 0.150. The molecule has 2 aromatic carbocycles. The second-order valence-electron chi connectivity index (χ2n) is 6.41. The van der Waals surface area contributed by atoms with Gasteiger partial charge >= 0.3 is 0 Å². The maximum Gasteiger partial charge on any atom is 0.258 e. The Hall–Kier alpha value is -3.41. The van der Waals surface area contributed by atoms with Gasteiger partial charge in [0.15, 0.2) is 0 Å². The molecule has 0 atom stereocenters. The lowest BCUT2D eigenvalue weighted by atomic mass is 10.1. The molecule has 6 nitrogen and oxygen atoms in total. The van der Waals surface area contributed by atoms with Crippen molar-refractivity contribution in [3.8, 4) is 22.8 Å². The molecule has 0 aliphatic rings. The second kappa shape index (κ2) is 6.48. The number of aromatic nitrogens is 3. The Kier molecular flexibility index (Phi) is 4.01. The number of nitrogens with one attached hydrogen (secondary N) is 2. The largest absolute Gasteiger partial charge is 0.361 e. The molecule has 0 bridgehead atoms. The first-order valence-electron chi connectivity index (χ1n) is 8.43. The molecule has 4 rings (SSSR count). The Labute approximate surface area is 150 Å². The van der Waals surface area contributed by atoms with Gasteiger partial charge in [-0.25, -0.2) is 0 Å². The third-order valence-corrected chi connectivity index (χ3v) is 4.03. The summed E-state index contributed by atoms with van der Waals surface area (Å²) < 4.78 is 5.42.